The van der Waals surface area contributed by atoms with Crippen molar-refractivity contribution in [3.8, 4) is 0 Å². The Labute approximate surface area is 91.8 Å². The van der Waals surface area contributed by atoms with Gasteiger partial charge in [0.15, 0.2) is 0 Å². The number of ether oxygens (including phenoxy) is 1. The first-order valence-electron chi connectivity index (χ1n) is 5.67. The number of likely N-dealkylation sites (tertiary alicyclic amines) is 1. The first kappa shape index (κ1) is 10.9. The number of carbonyl (C=O) groups excluding carboxylic acids is 1. The van der Waals surface area contributed by atoms with Gasteiger partial charge in [0.2, 0.25) is 0 Å². The van der Waals surface area contributed by atoms with Crippen molar-refractivity contribution in [1.82, 2.24) is 4.90 Å². The molecule has 1 unspecified atom stereocenters. The first-order chi connectivity index (χ1) is 6.84. The molecule has 86 valence electrons. The van der Waals surface area contributed by atoms with Gasteiger partial charge in [0.25, 0.3) is 0 Å². The maximum atomic E-state index is 11.5. The Balaban J connectivity index is 2.06. The Morgan fingerprint density at radius 3 is 2.07 bits per heavy atom. The fraction of sp³-hybridized carbons (Fsp3) is 0.917. The highest BCUT2D eigenvalue weighted by Crippen LogP contribution is 2.66. The van der Waals surface area contributed by atoms with Crippen molar-refractivity contribution >= 4 is 5.97 Å². The van der Waals surface area contributed by atoms with E-state index in [1.165, 1.54) is 7.11 Å². The highest BCUT2D eigenvalue weighted by Gasteiger charge is 2.69. The molecular formula is C12H21NO2. The summed E-state index contributed by atoms with van der Waals surface area (Å²) in [6.45, 7) is 10.2. The molecule has 3 heteroatoms. The predicted octanol–water partition coefficient (Wildman–Crippen LogP) is 1.67. The molecule has 0 amide bonds. The van der Waals surface area contributed by atoms with E-state index in [1.54, 1.807) is 0 Å². The Morgan fingerprint density at radius 1 is 1.27 bits per heavy atom. The SMILES string of the molecule is COC(=O)C1CCN1C1C(C)(C)C1(C)C. The molecule has 0 radical (unpaired) electrons. The van der Waals surface area contributed by atoms with E-state index in [9.17, 15) is 4.79 Å². The Hall–Kier alpha value is -0.570. The van der Waals surface area contributed by atoms with E-state index in [4.69, 9.17) is 4.74 Å². The predicted molar refractivity (Wildman–Crippen MR) is 58.5 cm³/mol. The van der Waals surface area contributed by atoms with Gasteiger partial charge in [0, 0.05) is 12.6 Å². The van der Waals surface area contributed by atoms with Gasteiger partial charge >= 0.3 is 5.97 Å². The Kier molecular flexibility index (Phi) is 2.16. The van der Waals surface area contributed by atoms with Crippen molar-refractivity contribution < 1.29 is 9.53 Å². The van der Waals surface area contributed by atoms with Crippen molar-refractivity contribution in [3.05, 3.63) is 0 Å². The molecule has 15 heavy (non-hydrogen) atoms. The van der Waals surface area contributed by atoms with Gasteiger partial charge in [-0.1, -0.05) is 27.7 Å². The number of hydrogen-bond acceptors (Lipinski definition) is 3. The number of rotatable bonds is 2. The van der Waals surface area contributed by atoms with Gasteiger partial charge < -0.3 is 4.74 Å². The quantitative estimate of drug-likeness (QED) is 0.651. The maximum absolute atomic E-state index is 11.5. The van der Waals surface area contributed by atoms with E-state index in [2.05, 4.69) is 32.6 Å². The Morgan fingerprint density at radius 2 is 1.80 bits per heavy atom. The first-order valence-corrected chi connectivity index (χ1v) is 5.67. The third-order valence-corrected chi connectivity index (χ3v) is 4.81. The summed E-state index contributed by atoms with van der Waals surface area (Å²) in [6, 6.07) is 0.545. The van der Waals surface area contributed by atoms with Gasteiger partial charge in [-0.05, 0) is 17.3 Å². The third-order valence-electron chi connectivity index (χ3n) is 4.81. The molecule has 3 nitrogen and oxygen atoms in total. The zero-order valence-corrected chi connectivity index (χ0v) is 10.3. The van der Waals surface area contributed by atoms with Gasteiger partial charge in [0.05, 0.1) is 7.11 Å². The van der Waals surface area contributed by atoms with Crippen molar-refractivity contribution in [2.45, 2.75) is 46.2 Å². The van der Waals surface area contributed by atoms with E-state index in [0.717, 1.165) is 13.0 Å². The molecule has 0 aromatic carbocycles. The smallest absolute Gasteiger partial charge is 0.323 e. The molecule has 0 spiro atoms. The normalized spacial score (nSPS) is 33.3. The van der Waals surface area contributed by atoms with Gasteiger partial charge in [-0.3, -0.25) is 9.69 Å². The highest BCUT2D eigenvalue weighted by molar-refractivity contribution is 5.77. The number of hydrogen-bond donors (Lipinski definition) is 0. The monoisotopic (exact) mass is 211 g/mol. The summed E-state index contributed by atoms with van der Waals surface area (Å²) in [6.07, 6.45) is 0.954. The zero-order chi connectivity index (χ0) is 11.4. The molecule has 0 bridgehead atoms. The standard InChI is InChI=1S/C12H21NO2/c1-11(2)10(12(11,3)4)13-7-6-8(13)9(14)15-5/h8,10H,6-7H2,1-5H3. The molecule has 1 aliphatic heterocycles. The highest BCUT2D eigenvalue weighted by atomic mass is 16.5. The van der Waals surface area contributed by atoms with E-state index in [-0.39, 0.29) is 12.0 Å². The van der Waals surface area contributed by atoms with Crippen LogP contribution in [-0.2, 0) is 9.53 Å². The van der Waals surface area contributed by atoms with Gasteiger partial charge in [-0.15, -0.1) is 0 Å². The van der Waals surface area contributed by atoms with Crippen LogP contribution in [0.3, 0.4) is 0 Å². The molecule has 0 N–H and O–H groups in total. The topological polar surface area (TPSA) is 29.5 Å². The second-order valence-electron chi connectivity index (χ2n) is 5.91. The van der Waals surface area contributed by atoms with E-state index >= 15 is 0 Å². The second kappa shape index (κ2) is 2.97. The number of methoxy groups -OCH3 is 1. The molecule has 1 saturated carbocycles. The Bertz CT molecular complexity index is 282. The molecule has 0 aromatic rings. The average molecular weight is 211 g/mol. The summed E-state index contributed by atoms with van der Waals surface area (Å²) < 4.78 is 4.82. The summed E-state index contributed by atoms with van der Waals surface area (Å²) in [4.78, 5) is 13.8. The minimum atomic E-state index is -0.0697. The van der Waals surface area contributed by atoms with Crippen LogP contribution in [0.2, 0.25) is 0 Å². The summed E-state index contributed by atoms with van der Waals surface area (Å²) in [5.74, 6) is -0.0697. The third kappa shape index (κ3) is 1.25. The zero-order valence-electron chi connectivity index (χ0n) is 10.3. The molecule has 1 heterocycles. The van der Waals surface area contributed by atoms with Crippen LogP contribution >= 0.6 is 0 Å². The van der Waals surface area contributed by atoms with Gasteiger partial charge in [0.1, 0.15) is 6.04 Å². The van der Waals surface area contributed by atoms with Crippen LogP contribution in [0.5, 0.6) is 0 Å². The summed E-state index contributed by atoms with van der Waals surface area (Å²) in [7, 11) is 1.47. The van der Waals surface area contributed by atoms with Crippen molar-refractivity contribution in [2.24, 2.45) is 10.8 Å². The van der Waals surface area contributed by atoms with Crippen LogP contribution in [0.4, 0.5) is 0 Å². The van der Waals surface area contributed by atoms with Crippen LogP contribution in [0.25, 0.3) is 0 Å². The summed E-state index contributed by atoms with van der Waals surface area (Å²) >= 11 is 0. The summed E-state index contributed by atoms with van der Waals surface area (Å²) in [5, 5.41) is 0. The van der Waals surface area contributed by atoms with Gasteiger partial charge in [-0.25, -0.2) is 0 Å². The van der Waals surface area contributed by atoms with Crippen LogP contribution in [0, 0.1) is 10.8 Å². The lowest BCUT2D eigenvalue weighted by Crippen LogP contribution is -2.55. The van der Waals surface area contributed by atoms with E-state index < -0.39 is 0 Å². The van der Waals surface area contributed by atoms with Gasteiger partial charge in [-0.2, -0.15) is 0 Å². The van der Waals surface area contributed by atoms with E-state index in [0.29, 0.717) is 16.9 Å². The van der Waals surface area contributed by atoms with Crippen LogP contribution in [-0.4, -0.2) is 36.6 Å². The minimum Gasteiger partial charge on any atom is -0.468 e. The molecule has 1 saturated heterocycles. The summed E-state index contributed by atoms with van der Waals surface area (Å²) in [5.41, 5.74) is 0.638. The molecular weight excluding hydrogens is 190 g/mol. The largest absolute Gasteiger partial charge is 0.468 e. The lowest BCUT2D eigenvalue weighted by molar-refractivity contribution is -0.153. The maximum Gasteiger partial charge on any atom is 0.323 e. The average Bonchev–Trinajstić information content (AvgIpc) is 2.46. The van der Waals surface area contributed by atoms with Crippen molar-refractivity contribution in [3.63, 3.8) is 0 Å². The van der Waals surface area contributed by atoms with Crippen LogP contribution in [0.15, 0.2) is 0 Å². The van der Waals surface area contributed by atoms with Crippen LogP contribution < -0.4 is 0 Å². The van der Waals surface area contributed by atoms with Crippen molar-refractivity contribution in [2.75, 3.05) is 13.7 Å². The minimum absolute atomic E-state index is 0.0149. The second-order valence-corrected chi connectivity index (χ2v) is 5.91. The van der Waals surface area contributed by atoms with E-state index in [1.807, 2.05) is 0 Å². The van der Waals surface area contributed by atoms with Crippen LogP contribution in [0.1, 0.15) is 34.1 Å². The number of nitrogens with zero attached hydrogens (tertiary/aromatic N) is 1. The molecule has 2 aliphatic rings. The molecule has 0 aromatic heterocycles. The fourth-order valence-electron chi connectivity index (χ4n) is 3.10. The van der Waals surface area contributed by atoms with Crippen molar-refractivity contribution in [1.29, 1.82) is 0 Å². The molecule has 2 fully saturated rings. The molecule has 2 rings (SSSR count). The lowest BCUT2D eigenvalue weighted by Gasteiger charge is -2.40. The lowest BCUT2D eigenvalue weighted by atomic mass is 10.0. The molecule has 1 aliphatic carbocycles. The molecule has 1 atom stereocenters. The number of esters is 1. The number of carbonyl (C=O) groups is 1. The fourth-order valence-corrected chi connectivity index (χ4v) is 3.10.